The molecule has 2 aromatic heterocycles. The van der Waals surface area contributed by atoms with E-state index < -0.39 is 0 Å². The summed E-state index contributed by atoms with van der Waals surface area (Å²) >= 11 is 1.42. The first-order valence-corrected chi connectivity index (χ1v) is 12.1. The molecule has 0 atom stereocenters. The van der Waals surface area contributed by atoms with Crippen LogP contribution in [-0.4, -0.2) is 33.1 Å². The van der Waals surface area contributed by atoms with Crippen LogP contribution in [0.5, 0.6) is 0 Å². The Labute approximate surface area is 202 Å². The second-order valence-electron chi connectivity index (χ2n) is 8.00. The number of anilines is 1. The third-order valence-electron chi connectivity index (χ3n) is 5.31. The fourth-order valence-corrected chi connectivity index (χ4v) is 4.25. The zero-order valence-electron chi connectivity index (χ0n) is 19.0. The van der Waals surface area contributed by atoms with Gasteiger partial charge in [-0.15, -0.1) is 11.3 Å². The Hall–Kier alpha value is -3.78. The van der Waals surface area contributed by atoms with Crippen LogP contribution >= 0.6 is 11.3 Å². The first-order valence-electron chi connectivity index (χ1n) is 11.2. The number of aryl methyl sites for hydroxylation is 2. The number of nitrogens with zero attached hydrogens (tertiary/aromatic N) is 3. The highest BCUT2D eigenvalue weighted by atomic mass is 32.1. The van der Waals surface area contributed by atoms with E-state index in [9.17, 15) is 9.59 Å². The van der Waals surface area contributed by atoms with Gasteiger partial charge in [-0.2, -0.15) is 5.10 Å². The van der Waals surface area contributed by atoms with E-state index in [0.29, 0.717) is 24.5 Å². The molecule has 174 valence electrons. The summed E-state index contributed by atoms with van der Waals surface area (Å²) < 4.78 is 1.81. The fourth-order valence-electron chi connectivity index (χ4n) is 3.51. The van der Waals surface area contributed by atoms with Crippen molar-refractivity contribution in [3.63, 3.8) is 0 Å². The molecule has 0 fully saturated rings. The molecule has 0 unspecified atom stereocenters. The van der Waals surface area contributed by atoms with Crippen molar-refractivity contribution in [3.05, 3.63) is 83.5 Å². The third kappa shape index (κ3) is 6.62. The van der Waals surface area contributed by atoms with Gasteiger partial charge in [0, 0.05) is 37.0 Å². The first-order chi connectivity index (χ1) is 16.6. The molecule has 4 rings (SSSR count). The van der Waals surface area contributed by atoms with Gasteiger partial charge in [-0.05, 0) is 42.5 Å². The maximum atomic E-state index is 12.4. The maximum absolute atomic E-state index is 12.4. The van der Waals surface area contributed by atoms with Crippen molar-refractivity contribution >= 4 is 28.3 Å². The number of amides is 2. The molecule has 0 saturated carbocycles. The highest BCUT2D eigenvalue weighted by Gasteiger charge is 2.10. The van der Waals surface area contributed by atoms with E-state index in [-0.39, 0.29) is 11.8 Å². The number of aromatic nitrogens is 3. The highest BCUT2D eigenvalue weighted by molar-refractivity contribution is 7.14. The van der Waals surface area contributed by atoms with Gasteiger partial charge in [0.1, 0.15) is 0 Å². The molecule has 7 nitrogen and oxygen atoms in total. The van der Waals surface area contributed by atoms with E-state index in [0.717, 1.165) is 35.3 Å². The third-order valence-corrected chi connectivity index (χ3v) is 6.07. The molecule has 0 saturated heterocycles. The van der Waals surface area contributed by atoms with Crippen molar-refractivity contribution in [2.75, 3.05) is 11.9 Å². The number of benzene rings is 2. The Morgan fingerprint density at radius 2 is 1.79 bits per heavy atom. The number of carbonyl (C=O) groups is 2. The molecule has 2 aromatic carbocycles. The van der Waals surface area contributed by atoms with Gasteiger partial charge < -0.3 is 10.6 Å². The quantitative estimate of drug-likeness (QED) is 0.329. The number of hydrogen-bond acceptors (Lipinski definition) is 5. The summed E-state index contributed by atoms with van der Waals surface area (Å²) in [5.74, 6) is -0.0659. The molecular weight excluding hydrogens is 446 g/mol. The highest BCUT2D eigenvalue weighted by Crippen LogP contribution is 2.25. The minimum atomic E-state index is -0.0668. The molecule has 34 heavy (non-hydrogen) atoms. The van der Waals surface area contributed by atoms with E-state index in [1.807, 2.05) is 58.7 Å². The van der Waals surface area contributed by atoms with Crippen LogP contribution in [0.4, 0.5) is 5.13 Å². The molecular formula is C26H27N5O2S. The van der Waals surface area contributed by atoms with E-state index in [1.54, 1.807) is 6.20 Å². The number of hydrogen-bond donors (Lipinski definition) is 2. The Bertz CT molecular complexity index is 1230. The van der Waals surface area contributed by atoms with Crippen molar-refractivity contribution in [2.45, 2.75) is 32.6 Å². The molecule has 0 aliphatic carbocycles. The zero-order valence-corrected chi connectivity index (χ0v) is 19.8. The summed E-state index contributed by atoms with van der Waals surface area (Å²) in [6, 6.07) is 18.1. The largest absolute Gasteiger partial charge is 0.356 e. The Balaban J connectivity index is 1.25. The minimum absolute atomic E-state index is 0.000878. The lowest BCUT2D eigenvalue weighted by Crippen LogP contribution is -2.21. The summed E-state index contributed by atoms with van der Waals surface area (Å²) in [6.45, 7) is 2.21. The van der Waals surface area contributed by atoms with Crippen LogP contribution in [0.3, 0.4) is 0 Å². The molecule has 0 radical (unpaired) electrons. The van der Waals surface area contributed by atoms with Gasteiger partial charge in [-0.1, -0.05) is 42.5 Å². The fraction of sp³-hybridized carbons (Fsp3) is 0.231. The van der Waals surface area contributed by atoms with E-state index in [1.165, 1.54) is 23.8 Å². The molecule has 4 aromatic rings. The summed E-state index contributed by atoms with van der Waals surface area (Å²) in [4.78, 5) is 27.9. The van der Waals surface area contributed by atoms with Crippen LogP contribution in [0.15, 0.2) is 72.4 Å². The van der Waals surface area contributed by atoms with Crippen LogP contribution < -0.4 is 10.6 Å². The van der Waals surface area contributed by atoms with Gasteiger partial charge in [-0.25, -0.2) is 9.67 Å². The first kappa shape index (κ1) is 23.4. The second kappa shape index (κ2) is 11.4. The van der Waals surface area contributed by atoms with Crippen LogP contribution in [0.25, 0.3) is 16.9 Å². The molecule has 2 N–H and O–H groups in total. The van der Waals surface area contributed by atoms with Gasteiger partial charge in [-0.3, -0.25) is 9.59 Å². The Morgan fingerprint density at radius 3 is 2.56 bits per heavy atom. The minimum Gasteiger partial charge on any atom is -0.356 e. The Morgan fingerprint density at radius 1 is 1.00 bits per heavy atom. The maximum Gasteiger partial charge on any atom is 0.226 e. The van der Waals surface area contributed by atoms with Gasteiger partial charge >= 0.3 is 0 Å². The summed E-state index contributed by atoms with van der Waals surface area (Å²) in [5, 5.41) is 12.6. The van der Waals surface area contributed by atoms with Crippen LogP contribution in [0.1, 0.15) is 30.9 Å². The smallest absolute Gasteiger partial charge is 0.226 e. The molecule has 2 amide bonds. The van der Waals surface area contributed by atoms with Gasteiger partial charge in [0.25, 0.3) is 0 Å². The van der Waals surface area contributed by atoms with Crippen molar-refractivity contribution in [3.8, 4) is 16.9 Å². The average Bonchev–Trinajstić information content (AvgIpc) is 3.51. The molecule has 8 heteroatoms. The average molecular weight is 474 g/mol. The zero-order chi connectivity index (χ0) is 23.8. The standard InChI is InChI=1S/C26H27N5O2S/c1-19(32)27-15-5-6-20-9-12-22(13-10-20)24-18-34-26(29-24)30-25(33)14-11-21-16-28-31(17-21)23-7-3-2-4-8-23/h2-4,7-10,12-13,16-18H,5-6,11,14-15H2,1H3,(H,27,32)(H,29,30,33). The van der Waals surface area contributed by atoms with Gasteiger partial charge in [0.2, 0.25) is 11.8 Å². The van der Waals surface area contributed by atoms with Gasteiger partial charge in [0.15, 0.2) is 5.13 Å². The molecule has 2 heterocycles. The normalized spacial score (nSPS) is 10.7. The van der Waals surface area contributed by atoms with Crippen LogP contribution in [0.2, 0.25) is 0 Å². The number of thiazole rings is 1. The second-order valence-corrected chi connectivity index (χ2v) is 8.86. The number of carbonyl (C=O) groups excluding carboxylic acids is 2. The lowest BCUT2D eigenvalue weighted by atomic mass is 10.1. The van der Waals surface area contributed by atoms with E-state index in [4.69, 9.17) is 0 Å². The number of nitrogens with one attached hydrogen (secondary N) is 2. The van der Waals surface area contributed by atoms with Crippen molar-refractivity contribution in [1.29, 1.82) is 0 Å². The Kier molecular flexibility index (Phi) is 7.83. The van der Waals surface area contributed by atoms with Crippen molar-refractivity contribution < 1.29 is 9.59 Å². The van der Waals surface area contributed by atoms with Gasteiger partial charge in [0.05, 0.1) is 17.6 Å². The molecule has 0 aliphatic rings. The monoisotopic (exact) mass is 473 g/mol. The van der Waals surface area contributed by atoms with E-state index >= 15 is 0 Å². The van der Waals surface area contributed by atoms with Crippen LogP contribution in [0, 0.1) is 0 Å². The topological polar surface area (TPSA) is 88.9 Å². The predicted octanol–water partition coefficient (Wildman–Crippen LogP) is 4.64. The lowest BCUT2D eigenvalue weighted by Gasteiger charge is -2.04. The molecule has 0 bridgehead atoms. The van der Waals surface area contributed by atoms with Crippen molar-refractivity contribution in [2.24, 2.45) is 0 Å². The van der Waals surface area contributed by atoms with Crippen LogP contribution in [-0.2, 0) is 22.4 Å². The number of rotatable bonds is 10. The molecule has 0 aliphatic heterocycles. The lowest BCUT2D eigenvalue weighted by molar-refractivity contribution is -0.119. The predicted molar refractivity (Wildman–Crippen MR) is 135 cm³/mol. The molecule has 0 spiro atoms. The van der Waals surface area contributed by atoms with E-state index in [2.05, 4.69) is 32.8 Å². The SMILES string of the molecule is CC(=O)NCCCc1ccc(-c2csc(NC(=O)CCc3cnn(-c4ccccc4)c3)n2)cc1. The summed E-state index contributed by atoms with van der Waals surface area (Å²) in [5.41, 5.74) is 5.07. The summed E-state index contributed by atoms with van der Waals surface area (Å²) in [6.07, 6.45) is 6.53. The van der Waals surface area contributed by atoms with Crippen molar-refractivity contribution in [1.82, 2.24) is 20.1 Å². The number of para-hydroxylation sites is 1. The summed E-state index contributed by atoms with van der Waals surface area (Å²) in [7, 11) is 0.